The fourth-order valence-electron chi connectivity index (χ4n) is 3.60. The number of benzene rings is 2. The largest absolute Gasteiger partial charge is 0.323 e. The van der Waals surface area contributed by atoms with Gasteiger partial charge in [0.15, 0.2) is 0 Å². The number of fused-ring (bicyclic) bond motifs is 1. The number of carbonyl (C=O) groups is 1. The van der Waals surface area contributed by atoms with Crippen LogP contribution in [0.1, 0.15) is 23.7 Å². The van der Waals surface area contributed by atoms with Gasteiger partial charge in [-0.15, -0.1) is 0 Å². The third kappa shape index (κ3) is 3.07. The Morgan fingerprint density at radius 2 is 1.96 bits per heavy atom. The summed E-state index contributed by atoms with van der Waals surface area (Å²) in [5.74, 6) is 1.17. The summed E-state index contributed by atoms with van der Waals surface area (Å²) in [5.41, 5.74) is 4.17. The van der Waals surface area contributed by atoms with Crippen LogP contribution in [0.25, 0.3) is 11.0 Å². The lowest BCUT2D eigenvalue weighted by Gasteiger charge is -2.17. The van der Waals surface area contributed by atoms with Crippen molar-refractivity contribution in [1.29, 1.82) is 0 Å². The minimum Gasteiger partial charge on any atom is -0.323 e. The number of halogens is 1. The van der Waals surface area contributed by atoms with Crippen LogP contribution in [0.5, 0.6) is 0 Å². The number of aromatic nitrogens is 2. The third-order valence-corrected chi connectivity index (χ3v) is 5.10. The van der Waals surface area contributed by atoms with Gasteiger partial charge in [-0.05, 0) is 31.2 Å². The average Bonchev–Trinajstić information content (AvgIpc) is 3.16. The van der Waals surface area contributed by atoms with Crippen molar-refractivity contribution in [2.24, 2.45) is 0 Å². The molecule has 0 spiro atoms. The van der Waals surface area contributed by atoms with Crippen LogP contribution in [0.15, 0.2) is 59.6 Å². The van der Waals surface area contributed by atoms with Crippen molar-refractivity contribution in [2.75, 3.05) is 11.4 Å². The van der Waals surface area contributed by atoms with E-state index in [2.05, 4.69) is 33.1 Å². The normalized spacial score (nSPS) is 17.2. The van der Waals surface area contributed by atoms with Gasteiger partial charge in [0.05, 0.1) is 17.6 Å². The van der Waals surface area contributed by atoms with Crippen molar-refractivity contribution in [2.45, 2.75) is 25.8 Å². The highest BCUT2D eigenvalue weighted by molar-refractivity contribution is 9.11. The number of hydrogen-bond acceptors (Lipinski definition) is 2. The van der Waals surface area contributed by atoms with Gasteiger partial charge in [-0.3, -0.25) is 4.79 Å². The van der Waals surface area contributed by atoms with Crippen molar-refractivity contribution in [3.8, 4) is 0 Å². The van der Waals surface area contributed by atoms with Crippen molar-refractivity contribution < 1.29 is 4.79 Å². The topological polar surface area (TPSA) is 38.1 Å². The summed E-state index contributed by atoms with van der Waals surface area (Å²) in [6, 6.07) is 16.2. The lowest BCUT2D eigenvalue weighted by atomic mass is 10.1. The van der Waals surface area contributed by atoms with Gasteiger partial charge in [0.25, 0.3) is 0 Å². The second kappa shape index (κ2) is 6.72. The zero-order valence-corrected chi connectivity index (χ0v) is 16.2. The number of nitrogens with zero attached hydrogens (tertiary/aromatic N) is 3. The molecule has 0 N–H and O–H groups in total. The van der Waals surface area contributed by atoms with Crippen LogP contribution in [-0.2, 0) is 11.3 Å². The van der Waals surface area contributed by atoms with Gasteiger partial charge < -0.3 is 9.47 Å². The first-order valence-electron chi connectivity index (χ1n) is 8.68. The molecule has 5 heteroatoms. The molecule has 1 amide bonds. The molecular formula is C21H20BrN3O. The highest BCUT2D eigenvalue weighted by atomic mass is 79.9. The Morgan fingerprint density at radius 1 is 1.23 bits per heavy atom. The fraction of sp³-hybridized carbons (Fsp3) is 0.238. The van der Waals surface area contributed by atoms with Crippen LogP contribution >= 0.6 is 15.9 Å². The summed E-state index contributed by atoms with van der Waals surface area (Å²) in [4.78, 5) is 19.4. The third-order valence-electron chi connectivity index (χ3n) is 4.85. The number of anilines is 1. The molecular weight excluding hydrogens is 390 g/mol. The second-order valence-electron chi connectivity index (χ2n) is 6.80. The molecule has 132 valence electrons. The first-order chi connectivity index (χ1) is 12.5. The van der Waals surface area contributed by atoms with Crippen LogP contribution in [0, 0.1) is 6.92 Å². The van der Waals surface area contributed by atoms with Gasteiger partial charge in [0.1, 0.15) is 5.82 Å². The Morgan fingerprint density at radius 3 is 2.69 bits per heavy atom. The summed E-state index contributed by atoms with van der Waals surface area (Å²) in [6.45, 7) is 7.33. The number of hydrogen-bond donors (Lipinski definition) is 0. The van der Waals surface area contributed by atoms with Gasteiger partial charge in [0, 0.05) is 29.1 Å². The number of rotatable bonds is 4. The molecule has 26 heavy (non-hydrogen) atoms. The highest BCUT2D eigenvalue weighted by Gasteiger charge is 2.34. The number of allylic oxidation sites excluding steroid dienone is 1. The zero-order chi connectivity index (χ0) is 18.3. The number of carbonyl (C=O) groups excluding carboxylic acids is 1. The minimum atomic E-state index is 0.0723. The van der Waals surface area contributed by atoms with Gasteiger partial charge in [-0.25, -0.2) is 4.98 Å². The molecule has 1 unspecified atom stereocenters. The Balaban J connectivity index is 1.71. The summed E-state index contributed by atoms with van der Waals surface area (Å²) >= 11 is 3.47. The SMILES string of the molecule is C=C(Br)Cn1c(C2CC(=O)N(c3ccc(C)cc3)C2)nc2ccccc21. The molecule has 0 saturated carbocycles. The molecule has 1 aromatic heterocycles. The van der Waals surface area contributed by atoms with E-state index in [-0.39, 0.29) is 11.8 Å². The summed E-state index contributed by atoms with van der Waals surface area (Å²) in [7, 11) is 0. The van der Waals surface area contributed by atoms with E-state index in [1.54, 1.807) is 0 Å². The van der Waals surface area contributed by atoms with Crippen molar-refractivity contribution in [1.82, 2.24) is 9.55 Å². The number of amides is 1. The Kier molecular flexibility index (Phi) is 4.41. The van der Waals surface area contributed by atoms with Gasteiger partial charge in [-0.1, -0.05) is 52.3 Å². The van der Waals surface area contributed by atoms with Gasteiger partial charge in [0.2, 0.25) is 5.91 Å². The number of aryl methyl sites for hydroxylation is 1. The Hall–Kier alpha value is -2.40. The standard InChI is InChI=1S/C21H20BrN3O/c1-14-7-9-17(10-8-14)24-13-16(11-20(24)26)21-23-18-5-3-4-6-19(18)25(21)12-15(2)22/h3-10,16H,2,11-13H2,1H3. The molecule has 0 aliphatic carbocycles. The molecule has 2 heterocycles. The minimum absolute atomic E-state index is 0.0723. The first-order valence-corrected chi connectivity index (χ1v) is 9.47. The van der Waals surface area contributed by atoms with E-state index in [1.807, 2.05) is 54.3 Å². The van der Waals surface area contributed by atoms with E-state index in [4.69, 9.17) is 4.98 Å². The van der Waals surface area contributed by atoms with Crippen LogP contribution < -0.4 is 4.90 Å². The van der Waals surface area contributed by atoms with E-state index in [0.717, 1.165) is 27.0 Å². The highest BCUT2D eigenvalue weighted by Crippen LogP contribution is 2.33. The number of para-hydroxylation sites is 2. The molecule has 1 aliphatic rings. The maximum atomic E-state index is 12.7. The molecule has 1 atom stereocenters. The molecule has 0 radical (unpaired) electrons. The van der Waals surface area contributed by atoms with E-state index in [0.29, 0.717) is 19.5 Å². The quantitative estimate of drug-likeness (QED) is 0.621. The maximum absolute atomic E-state index is 12.7. The zero-order valence-electron chi connectivity index (χ0n) is 14.7. The monoisotopic (exact) mass is 409 g/mol. The molecule has 1 fully saturated rings. The molecule has 2 aromatic carbocycles. The van der Waals surface area contributed by atoms with Crippen LogP contribution in [0.4, 0.5) is 5.69 Å². The molecule has 3 aromatic rings. The molecule has 1 saturated heterocycles. The van der Waals surface area contributed by atoms with Crippen molar-refractivity contribution in [3.05, 3.63) is 71.0 Å². The van der Waals surface area contributed by atoms with Gasteiger partial charge >= 0.3 is 0 Å². The first kappa shape index (κ1) is 17.0. The summed E-state index contributed by atoms with van der Waals surface area (Å²) < 4.78 is 3.06. The molecule has 4 nitrogen and oxygen atoms in total. The summed E-state index contributed by atoms with van der Waals surface area (Å²) in [6.07, 6.45) is 0.478. The predicted octanol–water partition coefficient (Wildman–Crippen LogP) is 4.77. The van der Waals surface area contributed by atoms with Gasteiger partial charge in [-0.2, -0.15) is 0 Å². The average molecular weight is 410 g/mol. The molecule has 0 bridgehead atoms. The Labute approximate surface area is 161 Å². The predicted molar refractivity (Wildman–Crippen MR) is 109 cm³/mol. The maximum Gasteiger partial charge on any atom is 0.227 e. The Bertz CT molecular complexity index is 990. The van der Waals surface area contributed by atoms with Crippen LogP contribution in [0.3, 0.4) is 0 Å². The van der Waals surface area contributed by atoms with Crippen molar-refractivity contribution >= 4 is 38.6 Å². The molecule has 1 aliphatic heterocycles. The van der Waals surface area contributed by atoms with E-state index in [1.165, 1.54) is 5.56 Å². The lowest BCUT2D eigenvalue weighted by molar-refractivity contribution is -0.117. The smallest absolute Gasteiger partial charge is 0.227 e. The lowest BCUT2D eigenvalue weighted by Crippen LogP contribution is -2.24. The molecule has 4 rings (SSSR count). The van der Waals surface area contributed by atoms with E-state index in [9.17, 15) is 4.79 Å². The van der Waals surface area contributed by atoms with Crippen LogP contribution in [0.2, 0.25) is 0 Å². The van der Waals surface area contributed by atoms with Crippen molar-refractivity contribution in [3.63, 3.8) is 0 Å². The van der Waals surface area contributed by atoms with E-state index >= 15 is 0 Å². The van der Waals surface area contributed by atoms with Crippen LogP contribution in [-0.4, -0.2) is 22.0 Å². The summed E-state index contributed by atoms with van der Waals surface area (Å²) in [5, 5.41) is 0. The second-order valence-corrected chi connectivity index (χ2v) is 7.92. The number of imidazole rings is 1. The van der Waals surface area contributed by atoms with E-state index < -0.39 is 0 Å². The fourth-order valence-corrected chi connectivity index (χ4v) is 3.85.